The Kier molecular flexibility index (Phi) is 10.7. The molecule has 3 aliphatic heterocycles. The van der Waals surface area contributed by atoms with Gasteiger partial charge in [0.25, 0.3) is 5.91 Å². The molecular formula is C35H39N5O7S2. The van der Waals surface area contributed by atoms with Crippen LogP contribution in [0.15, 0.2) is 75.6 Å². The molecule has 2 saturated heterocycles. The molecule has 0 N–H and O–H groups in total. The van der Waals surface area contributed by atoms with Crippen LogP contribution in [0.2, 0.25) is 0 Å². The van der Waals surface area contributed by atoms with Gasteiger partial charge in [-0.2, -0.15) is 14.4 Å². The van der Waals surface area contributed by atoms with E-state index in [0.29, 0.717) is 78.9 Å². The Bertz CT molecular complexity index is 1870. The third-order valence-corrected chi connectivity index (χ3v) is 11.8. The molecule has 0 spiro atoms. The molecular weight excluding hydrogens is 667 g/mol. The molecule has 1 amide bonds. The molecule has 0 aliphatic carbocycles. The van der Waals surface area contributed by atoms with E-state index in [9.17, 15) is 22.8 Å². The minimum Gasteiger partial charge on any atom is -0.466 e. The average molecular weight is 706 g/mol. The van der Waals surface area contributed by atoms with E-state index in [0.717, 1.165) is 5.69 Å². The van der Waals surface area contributed by atoms with Crippen LogP contribution in [0.4, 0.5) is 0 Å². The number of carbonyl (C=O) groups excluding carboxylic acids is 3. The number of aliphatic imine (C=N–C) groups is 1. The van der Waals surface area contributed by atoms with E-state index in [4.69, 9.17) is 14.6 Å². The first kappa shape index (κ1) is 34.6. The molecule has 14 heteroatoms. The third kappa shape index (κ3) is 7.66. The van der Waals surface area contributed by atoms with E-state index >= 15 is 0 Å². The highest BCUT2D eigenvalue weighted by molar-refractivity contribution is 8.18. The van der Waals surface area contributed by atoms with Crippen LogP contribution >= 0.6 is 11.8 Å². The number of ether oxygens (including phenoxy) is 2. The molecule has 3 aliphatic rings. The molecule has 0 atom stereocenters. The zero-order valence-electron chi connectivity index (χ0n) is 27.5. The summed E-state index contributed by atoms with van der Waals surface area (Å²) in [5.74, 6) is -1.30. The number of rotatable bonds is 9. The van der Waals surface area contributed by atoms with Crippen LogP contribution < -0.4 is 0 Å². The van der Waals surface area contributed by atoms with Crippen LogP contribution in [0.3, 0.4) is 0 Å². The Morgan fingerprint density at radius 3 is 2.16 bits per heavy atom. The van der Waals surface area contributed by atoms with Gasteiger partial charge in [0.15, 0.2) is 5.17 Å². The van der Waals surface area contributed by atoms with Crippen molar-refractivity contribution in [2.24, 2.45) is 16.8 Å². The van der Waals surface area contributed by atoms with Gasteiger partial charge in [-0.25, -0.2) is 13.1 Å². The smallest absolute Gasteiger partial charge is 0.309 e. The lowest BCUT2D eigenvalue weighted by Crippen LogP contribution is -2.40. The van der Waals surface area contributed by atoms with Crippen molar-refractivity contribution in [3.05, 3.63) is 71.3 Å². The summed E-state index contributed by atoms with van der Waals surface area (Å²) >= 11 is 1.28. The lowest BCUT2D eigenvalue weighted by Gasteiger charge is -2.31. The van der Waals surface area contributed by atoms with Gasteiger partial charge in [0.1, 0.15) is 5.69 Å². The fourth-order valence-corrected chi connectivity index (χ4v) is 8.69. The molecule has 12 nitrogen and oxygen atoms in total. The summed E-state index contributed by atoms with van der Waals surface area (Å²) in [6, 6.07) is 16.2. The number of amidine groups is 1. The summed E-state index contributed by atoms with van der Waals surface area (Å²) in [5.41, 5.74) is 2.50. The van der Waals surface area contributed by atoms with Gasteiger partial charge in [-0.1, -0.05) is 30.3 Å². The predicted molar refractivity (Wildman–Crippen MR) is 186 cm³/mol. The van der Waals surface area contributed by atoms with Gasteiger partial charge in [0.05, 0.1) is 40.5 Å². The SMILES string of the molecule is CCOC(=O)C1CCN(C2=NC(=O)/C(=C/c3cn(-c4ccccc4)nc3-c3cccc(S(=O)(=O)N4CCC(C(=O)OCC)CC4)c3)S2)CC1. The Hall–Kier alpha value is -4.27. The summed E-state index contributed by atoms with van der Waals surface area (Å²) in [4.78, 5) is 44.5. The Morgan fingerprint density at radius 2 is 1.53 bits per heavy atom. The van der Waals surface area contributed by atoms with Crippen LogP contribution in [0.25, 0.3) is 23.0 Å². The van der Waals surface area contributed by atoms with E-state index in [2.05, 4.69) is 4.99 Å². The van der Waals surface area contributed by atoms with Crippen molar-refractivity contribution in [2.75, 3.05) is 39.4 Å². The van der Waals surface area contributed by atoms with Gasteiger partial charge in [-0.3, -0.25) is 14.4 Å². The summed E-state index contributed by atoms with van der Waals surface area (Å²) in [5, 5.41) is 5.44. The van der Waals surface area contributed by atoms with E-state index in [1.165, 1.54) is 16.1 Å². The van der Waals surface area contributed by atoms with Crippen LogP contribution in [0, 0.1) is 11.8 Å². The molecule has 2 aromatic carbocycles. The molecule has 0 saturated carbocycles. The molecule has 0 unspecified atom stereocenters. The first-order valence-electron chi connectivity index (χ1n) is 16.5. The molecule has 6 rings (SSSR count). The van der Waals surface area contributed by atoms with E-state index in [1.807, 2.05) is 41.4 Å². The first-order chi connectivity index (χ1) is 23.7. The molecule has 1 aromatic heterocycles. The number of amides is 1. The van der Waals surface area contributed by atoms with Crippen molar-refractivity contribution in [1.29, 1.82) is 0 Å². The highest BCUT2D eigenvalue weighted by Crippen LogP contribution is 2.35. The number of carbonyl (C=O) groups is 3. The van der Waals surface area contributed by atoms with E-state index in [-0.39, 0.29) is 47.7 Å². The zero-order chi connectivity index (χ0) is 34.5. The van der Waals surface area contributed by atoms with Gasteiger partial charge in [0.2, 0.25) is 10.0 Å². The van der Waals surface area contributed by atoms with Crippen LogP contribution in [0.5, 0.6) is 0 Å². The van der Waals surface area contributed by atoms with Gasteiger partial charge < -0.3 is 14.4 Å². The van der Waals surface area contributed by atoms with Gasteiger partial charge in [0, 0.05) is 43.5 Å². The highest BCUT2D eigenvalue weighted by Gasteiger charge is 2.34. The minimum absolute atomic E-state index is 0.121. The fraction of sp³-hybridized carbons (Fsp3) is 0.400. The minimum atomic E-state index is -3.86. The van der Waals surface area contributed by atoms with Crippen molar-refractivity contribution >= 4 is 50.9 Å². The predicted octanol–water partition coefficient (Wildman–Crippen LogP) is 4.75. The second kappa shape index (κ2) is 15.1. The summed E-state index contributed by atoms with van der Waals surface area (Å²) in [6.07, 6.45) is 5.62. The number of esters is 2. The number of hydrogen-bond acceptors (Lipinski definition) is 10. The molecule has 258 valence electrons. The first-order valence-corrected chi connectivity index (χ1v) is 18.8. The van der Waals surface area contributed by atoms with Crippen molar-refractivity contribution in [2.45, 2.75) is 44.4 Å². The average Bonchev–Trinajstić information content (AvgIpc) is 3.72. The van der Waals surface area contributed by atoms with Crippen LogP contribution in [0.1, 0.15) is 45.1 Å². The molecule has 4 heterocycles. The van der Waals surface area contributed by atoms with Crippen LogP contribution in [-0.4, -0.2) is 89.8 Å². The van der Waals surface area contributed by atoms with Gasteiger partial charge in [-0.15, -0.1) is 0 Å². The standard InChI is InChI=1S/C35H39N5O7S2/c1-3-46-33(42)24-13-17-38(18-14-24)35-36-32(41)30(48-35)22-27-23-40(28-10-6-5-7-11-28)37-31(27)26-9-8-12-29(21-26)49(44,45)39-19-15-25(16-20-39)34(43)47-4-2/h5-12,21-25H,3-4,13-20H2,1-2H3/b30-22-. The largest absolute Gasteiger partial charge is 0.466 e. The topological polar surface area (TPSA) is 140 Å². The van der Waals surface area contributed by atoms with Crippen molar-refractivity contribution < 1.29 is 32.3 Å². The number of sulfonamides is 1. The maximum Gasteiger partial charge on any atom is 0.309 e. The van der Waals surface area contributed by atoms with Gasteiger partial charge in [-0.05, 0) is 81.6 Å². The number of para-hydroxylation sites is 1. The van der Waals surface area contributed by atoms with E-state index < -0.39 is 10.0 Å². The Labute approximate surface area is 290 Å². The highest BCUT2D eigenvalue weighted by atomic mass is 32.2. The summed E-state index contributed by atoms with van der Waals surface area (Å²) in [7, 11) is -3.86. The number of nitrogens with zero attached hydrogens (tertiary/aromatic N) is 5. The summed E-state index contributed by atoms with van der Waals surface area (Å²) in [6.45, 7) is 5.82. The van der Waals surface area contributed by atoms with E-state index in [1.54, 1.807) is 48.9 Å². The fourth-order valence-electron chi connectivity index (χ4n) is 6.22. The molecule has 0 radical (unpaired) electrons. The zero-order valence-corrected chi connectivity index (χ0v) is 29.1. The Morgan fingerprint density at radius 1 is 0.898 bits per heavy atom. The number of piperidine rings is 2. The molecule has 3 aromatic rings. The molecule has 49 heavy (non-hydrogen) atoms. The number of benzene rings is 2. The molecule has 2 fully saturated rings. The Balaban J connectivity index is 1.25. The van der Waals surface area contributed by atoms with Gasteiger partial charge >= 0.3 is 11.9 Å². The quantitative estimate of drug-likeness (QED) is 0.226. The maximum atomic E-state index is 13.8. The normalized spacial score (nSPS) is 18.9. The number of hydrogen-bond donors (Lipinski definition) is 0. The van der Waals surface area contributed by atoms with Crippen molar-refractivity contribution in [3.8, 4) is 16.9 Å². The number of thioether (sulfide) groups is 1. The second-order valence-corrected chi connectivity index (χ2v) is 14.9. The lowest BCUT2D eigenvalue weighted by atomic mass is 9.97. The lowest BCUT2D eigenvalue weighted by molar-refractivity contribution is -0.150. The maximum absolute atomic E-state index is 13.8. The summed E-state index contributed by atoms with van der Waals surface area (Å²) < 4.78 is 41.0. The van der Waals surface area contributed by atoms with Crippen molar-refractivity contribution in [1.82, 2.24) is 19.0 Å². The van der Waals surface area contributed by atoms with Crippen molar-refractivity contribution in [3.63, 3.8) is 0 Å². The number of aromatic nitrogens is 2. The van der Waals surface area contributed by atoms with Crippen LogP contribution in [-0.2, 0) is 33.9 Å². The second-order valence-electron chi connectivity index (χ2n) is 12.0. The number of likely N-dealkylation sites (tertiary alicyclic amines) is 1. The molecule has 0 bridgehead atoms. The monoisotopic (exact) mass is 705 g/mol. The third-order valence-electron chi connectivity index (χ3n) is 8.86.